The average molecular weight is 628 g/mol. The molecule has 2 saturated heterocycles. The summed E-state index contributed by atoms with van der Waals surface area (Å²) in [4.78, 5) is 72.6. The Kier molecular flexibility index (Phi) is 11.9. The number of likely N-dealkylation sites (tertiary alicyclic amines) is 1. The number of para-hydroxylation sites is 1. The first-order chi connectivity index (χ1) is 21.7. The molecule has 0 aliphatic carbocycles. The van der Waals surface area contributed by atoms with Gasteiger partial charge >= 0.3 is 12.1 Å². The molecule has 14 heteroatoms. The molecular weight excluding hydrogens is 586 g/mol. The van der Waals surface area contributed by atoms with E-state index in [0.29, 0.717) is 30.7 Å². The largest absolute Gasteiger partial charge is 0.483 e. The van der Waals surface area contributed by atoms with Crippen molar-refractivity contribution in [2.24, 2.45) is 0 Å². The molecule has 0 radical (unpaired) electrons. The Labute approximate surface area is 261 Å². The van der Waals surface area contributed by atoms with Gasteiger partial charge in [0.15, 0.2) is 6.61 Å². The van der Waals surface area contributed by atoms with Gasteiger partial charge in [-0.2, -0.15) is 0 Å². The second-order valence-electron chi connectivity index (χ2n) is 10.8. The highest BCUT2D eigenvalue weighted by molar-refractivity contribution is 5.99. The molecule has 2 fully saturated rings. The number of ether oxygens (including phenoxy) is 3. The summed E-state index contributed by atoms with van der Waals surface area (Å²) in [5, 5.41) is 12.6. The highest BCUT2D eigenvalue weighted by Gasteiger charge is 2.32. The van der Waals surface area contributed by atoms with Crippen molar-refractivity contribution in [3.05, 3.63) is 36.0 Å². The molecule has 1 aromatic carbocycles. The van der Waals surface area contributed by atoms with E-state index in [4.69, 9.17) is 14.2 Å². The van der Waals surface area contributed by atoms with Gasteiger partial charge in [0.05, 0.1) is 24.8 Å². The lowest BCUT2D eigenvalue weighted by atomic mass is 10.1. The number of carboxylic acid groups (broad SMARTS) is 1. The van der Waals surface area contributed by atoms with E-state index < -0.39 is 29.9 Å². The second-order valence-corrected chi connectivity index (χ2v) is 10.8. The number of pyridine rings is 1. The molecule has 14 nitrogen and oxygen atoms in total. The minimum atomic E-state index is -1.14. The second kappa shape index (κ2) is 16.0. The zero-order valence-electron chi connectivity index (χ0n) is 25.7. The predicted octanol–water partition coefficient (Wildman–Crippen LogP) is 1.91. The number of rotatable bonds is 13. The Morgan fingerprint density at radius 1 is 1.02 bits per heavy atom. The van der Waals surface area contributed by atoms with Crippen molar-refractivity contribution in [3.63, 3.8) is 0 Å². The van der Waals surface area contributed by atoms with E-state index in [2.05, 4.69) is 10.3 Å². The van der Waals surface area contributed by atoms with Crippen molar-refractivity contribution in [1.82, 2.24) is 25.0 Å². The summed E-state index contributed by atoms with van der Waals surface area (Å²) in [7, 11) is 0. The number of amides is 4. The van der Waals surface area contributed by atoms with Gasteiger partial charge in [-0.3, -0.25) is 19.2 Å². The number of nitrogens with one attached hydrogen (secondary N) is 1. The summed E-state index contributed by atoms with van der Waals surface area (Å²) in [6, 6.07) is 7.29. The highest BCUT2D eigenvalue weighted by atomic mass is 16.6. The first-order valence-electron chi connectivity index (χ1n) is 15.3. The zero-order valence-corrected chi connectivity index (χ0v) is 25.7. The molecule has 2 aliphatic rings. The maximum atomic E-state index is 13.5. The fraction of sp³-hybridized carbons (Fsp3) is 0.548. The van der Waals surface area contributed by atoms with Crippen LogP contribution in [0.25, 0.3) is 10.9 Å². The number of aromatic nitrogens is 1. The van der Waals surface area contributed by atoms with Gasteiger partial charge in [0, 0.05) is 57.2 Å². The van der Waals surface area contributed by atoms with Crippen LogP contribution in [0, 0.1) is 0 Å². The molecule has 1 unspecified atom stereocenters. The lowest BCUT2D eigenvalue weighted by Crippen LogP contribution is -2.56. The number of benzene rings is 1. The number of aliphatic carboxylic acids is 1. The van der Waals surface area contributed by atoms with Crippen LogP contribution in [-0.4, -0.2) is 126 Å². The predicted molar refractivity (Wildman–Crippen MR) is 162 cm³/mol. The number of carbonyl (C=O) groups is 5. The first-order valence-corrected chi connectivity index (χ1v) is 15.3. The summed E-state index contributed by atoms with van der Waals surface area (Å²) in [6.45, 7) is 6.18. The van der Waals surface area contributed by atoms with Crippen LogP contribution < -0.4 is 10.1 Å². The van der Waals surface area contributed by atoms with E-state index >= 15 is 0 Å². The Morgan fingerprint density at radius 3 is 2.47 bits per heavy atom. The summed E-state index contributed by atoms with van der Waals surface area (Å²) < 4.78 is 16.5. The quantitative estimate of drug-likeness (QED) is 0.335. The van der Waals surface area contributed by atoms with E-state index in [9.17, 15) is 29.1 Å². The van der Waals surface area contributed by atoms with Crippen LogP contribution in [0.1, 0.15) is 50.0 Å². The smallest absolute Gasteiger partial charge is 0.409 e. The topological polar surface area (TPSA) is 168 Å². The van der Waals surface area contributed by atoms with Crippen LogP contribution in [0.5, 0.6) is 5.75 Å². The Balaban J connectivity index is 1.47. The monoisotopic (exact) mass is 627 g/mol. The summed E-state index contributed by atoms with van der Waals surface area (Å²) in [6.07, 6.45) is 0.795. The molecule has 1 aromatic heterocycles. The maximum Gasteiger partial charge on any atom is 0.409 e. The SMILES string of the molecule is CCOC[C@@H]1CCCN1C(=O)COc1cc(C(=O)NC(CCC(=O)O)C(=O)N2CCN(C(=O)OCC)CC2)nc2ccccc12. The summed E-state index contributed by atoms with van der Waals surface area (Å²) in [5.74, 6) is -2.17. The number of hydrogen-bond donors (Lipinski definition) is 2. The Bertz CT molecular complexity index is 1380. The Hall–Kier alpha value is -4.46. The van der Waals surface area contributed by atoms with Gasteiger partial charge in [-0.05, 0) is 45.2 Å². The van der Waals surface area contributed by atoms with Gasteiger partial charge in [0.25, 0.3) is 11.8 Å². The number of fused-ring (bicyclic) bond motifs is 1. The molecule has 2 atom stereocenters. The standard InChI is InChI=1S/C31H41N5O9/c1-3-43-19-21-8-7-13-36(21)27(37)20-45-26-18-25(32-23-10-6-5-9-22(23)26)29(40)33-24(11-12-28(38)39)30(41)34-14-16-35(17-15-34)31(42)44-4-2/h5-6,9-10,18,21,24H,3-4,7-8,11-17,19-20H2,1-2H3,(H,33,40)(H,38,39)/t21-,24?/m0/s1. The normalized spacial score (nSPS) is 17.2. The third-order valence-electron chi connectivity index (χ3n) is 7.84. The lowest BCUT2D eigenvalue weighted by molar-refractivity contribution is -0.138. The third-order valence-corrected chi connectivity index (χ3v) is 7.84. The molecule has 0 saturated carbocycles. The molecule has 2 N–H and O–H groups in total. The summed E-state index contributed by atoms with van der Waals surface area (Å²) in [5.41, 5.74) is 0.401. The van der Waals surface area contributed by atoms with Crippen molar-refractivity contribution >= 4 is 40.7 Å². The number of carboxylic acids is 1. The van der Waals surface area contributed by atoms with Crippen molar-refractivity contribution in [1.29, 1.82) is 0 Å². The fourth-order valence-electron chi connectivity index (χ4n) is 5.49. The molecule has 2 aliphatic heterocycles. The van der Waals surface area contributed by atoms with Gasteiger partial charge in [-0.1, -0.05) is 12.1 Å². The van der Waals surface area contributed by atoms with Crippen LogP contribution in [0.15, 0.2) is 30.3 Å². The first kappa shape index (κ1) is 33.4. The van der Waals surface area contributed by atoms with Gasteiger partial charge in [-0.15, -0.1) is 0 Å². The summed E-state index contributed by atoms with van der Waals surface area (Å²) >= 11 is 0. The maximum absolute atomic E-state index is 13.5. The van der Waals surface area contributed by atoms with E-state index in [1.165, 1.54) is 15.9 Å². The van der Waals surface area contributed by atoms with Gasteiger partial charge in [0.2, 0.25) is 5.91 Å². The lowest BCUT2D eigenvalue weighted by Gasteiger charge is -2.35. The average Bonchev–Trinajstić information content (AvgIpc) is 3.52. The number of carbonyl (C=O) groups excluding carboxylic acids is 4. The number of piperazine rings is 1. The van der Waals surface area contributed by atoms with E-state index in [0.717, 1.165) is 12.8 Å². The molecule has 0 bridgehead atoms. The van der Waals surface area contributed by atoms with Crippen LogP contribution in [-0.2, 0) is 23.9 Å². The van der Waals surface area contributed by atoms with Crippen molar-refractivity contribution in [3.8, 4) is 5.75 Å². The van der Waals surface area contributed by atoms with E-state index in [1.54, 1.807) is 36.1 Å². The molecule has 244 valence electrons. The van der Waals surface area contributed by atoms with Crippen molar-refractivity contribution in [2.75, 3.05) is 59.2 Å². The van der Waals surface area contributed by atoms with Gasteiger partial charge in [-0.25, -0.2) is 9.78 Å². The Morgan fingerprint density at radius 2 is 1.76 bits per heavy atom. The van der Waals surface area contributed by atoms with Gasteiger partial charge in [0.1, 0.15) is 17.5 Å². The minimum Gasteiger partial charge on any atom is -0.483 e. The molecule has 3 heterocycles. The fourth-order valence-corrected chi connectivity index (χ4v) is 5.49. The third kappa shape index (κ3) is 8.81. The van der Waals surface area contributed by atoms with E-state index in [-0.39, 0.29) is 75.6 Å². The molecule has 4 amide bonds. The van der Waals surface area contributed by atoms with E-state index in [1.807, 2.05) is 6.92 Å². The highest BCUT2D eigenvalue weighted by Crippen LogP contribution is 2.26. The van der Waals surface area contributed by atoms with Crippen LogP contribution in [0.3, 0.4) is 0 Å². The number of hydrogen-bond acceptors (Lipinski definition) is 9. The molecule has 0 spiro atoms. The number of nitrogens with zero attached hydrogens (tertiary/aromatic N) is 4. The molecular formula is C31H41N5O9. The zero-order chi connectivity index (χ0) is 32.3. The van der Waals surface area contributed by atoms with Crippen molar-refractivity contribution in [2.45, 2.75) is 51.6 Å². The molecule has 4 rings (SSSR count). The van der Waals surface area contributed by atoms with Crippen LogP contribution in [0.2, 0.25) is 0 Å². The van der Waals surface area contributed by atoms with Crippen LogP contribution in [0.4, 0.5) is 4.79 Å². The molecule has 45 heavy (non-hydrogen) atoms. The van der Waals surface area contributed by atoms with Gasteiger partial charge < -0.3 is 39.3 Å². The molecule has 2 aromatic rings. The van der Waals surface area contributed by atoms with Crippen LogP contribution >= 0.6 is 0 Å². The minimum absolute atomic E-state index is 0.00927. The van der Waals surface area contributed by atoms with Crippen molar-refractivity contribution < 1.29 is 43.3 Å².